The van der Waals surface area contributed by atoms with Crippen molar-refractivity contribution < 1.29 is 0 Å². The number of pyridine rings is 1. The molecule has 124 valence electrons. The van der Waals surface area contributed by atoms with Gasteiger partial charge in [0, 0.05) is 24.0 Å². The lowest BCUT2D eigenvalue weighted by atomic mass is 10.1. The van der Waals surface area contributed by atoms with Gasteiger partial charge in [-0.1, -0.05) is 31.0 Å². The Balaban J connectivity index is 1.76. The van der Waals surface area contributed by atoms with Gasteiger partial charge < -0.3 is 10.1 Å². The second kappa shape index (κ2) is 6.65. The average Bonchev–Trinajstić information content (AvgIpc) is 2.78. The molecule has 0 amide bonds. The lowest BCUT2D eigenvalue weighted by molar-refractivity contribution is 0.273. The summed E-state index contributed by atoms with van der Waals surface area (Å²) in [7, 11) is 0. The number of hydrogen-bond donors (Lipinski definition) is 1. The van der Waals surface area contributed by atoms with Crippen molar-refractivity contribution in [3.63, 3.8) is 0 Å². The number of nitrogens with zero attached hydrogens (tertiary/aromatic N) is 3. The SMILES string of the molecule is Nc1ccc(-c2nc3ccccn3c2CN2CCCCCC2)cc1. The van der Waals surface area contributed by atoms with Crippen LogP contribution >= 0.6 is 0 Å². The molecule has 4 nitrogen and oxygen atoms in total. The summed E-state index contributed by atoms with van der Waals surface area (Å²) in [5.74, 6) is 0. The quantitative estimate of drug-likeness (QED) is 0.743. The molecule has 3 heterocycles. The van der Waals surface area contributed by atoms with Crippen molar-refractivity contribution >= 4 is 11.3 Å². The lowest BCUT2D eigenvalue weighted by Crippen LogP contribution is -2.25. The predicted octanol–water partition coefficient (Wildman–Crippen LogP) is 3.96. The molecule has 3 aromatic rings. The van der Waals surface area contributed by atoms with Crippen molar-refractivity contribution in [3.8, 4) is 11.3 Å². The zero-order valence-corrected chi connectivity index (χ0v) is 14.0. The topological polar surface area (TPSA) is 46.6 Å². The Morgan fingerprint density at radius 2 is 1.67 bits per heavy atom. The maximum absolute atomic E-state index is 5.85. The molecule has 0 radical (unpaired) electrons. The molecule has 0 spiro atoms. The maximum atomic E-state index is 5.85. The minimum Gasteiger partial charge on any atom is -0.399 e. The molecule has 0 bridgehead atoms. The first kappa shape index (κ1) is 15.2. The molecule has 1 aromatic carbocycles. The van der Waals surface area contributed by atoms with E-state index in [2.05, 4.69) is 39.8 Å². The molecule has 0 unspecified atom stereocenters. The molecule has 1 aliphatic rings. The highest BCUT2D eigenvalue weighted by Crippen LogP contribution is 2.27. The Morgan fingerprint density at radius 1 is 0.917 bits per heavy atom. The van der Waals surface area contributed by atoms with Gasteiger partial charge in [0.05, 0.1) is 11.4 Å². The van der Waals surface area contributed by atoms with Gasteiger partial charge in [0.15, 0.2) is 0 Å². The number of hydrogen-bond acceptors (Lipinski definition) is 3. The number of fused-ring (bicyclic) bond motifs is 1. The smallest absolute Gasteiger partial charge is 0.137 e. The number of aromatic nitrogens is 2. The first-order valence-corrected chi connectivity index (χ1v) is 8.85. The van der Waals surface area contributed by atoms with E-state index >= 15 is 0 Å². The van der Waals surface area contributed by atoms with Crippen molar-refractivity contribution in [2.24, 2.45) is 0 Å². The number of likely N-dealkylation sites (tertiary alicyclic amines) is 1. The molecular formula is C20H24N4. The van der Waals surface area contributed by atoms with Gasteiger partial charge >= 0.3 is 0 Å². The number of anilines is 1. The molecule has 0 aliphatic carbocycles. The summed E-state index contributed by atoms with van der Waals surface area (Å²) < 4.78 is 2.23. The highest BCUT2D eigenvalue weighted by molar-refractivity contribution is 5.68. The summed E-state index contributed by atoms with van der Waals surface area (Å²) in [5, 5.41) is 0. The van der Waals surface area contributed by atoms with Gasteiger partial charge in [-0.05, 0) is 50.2 Å². The first-order valence-electron chi connectivity index (χ1n) is 8.85. The van der Waals surface area contributed by atoms with Crippen molar-refractivity contribution in [1.82, 2.24) is 14.3 Å². The van der Waals surface area contributed by atoms with Crippen molar-refractivity contribution in [3.05, 3.63) is 54.4 Å². The van der Waals surface area contributed by atoms with E-state index in [-0.39, 0.29) is 0 Å². The van der Waals surface area contributed by atoms with Crippen LogP contribution in [0.2, 0.25) is 0 Å². The zero-order chi connectivity index (χ0) is 16.4. The molecule has 0 saturated carbocycles. The zero-order valence-electron chi connectivity index (χ0n) is 14.0. The third-order valence-corrected chi connectivity index (χ3v) is 4.89. The third kappa shape index (κ3) is 3.02. The summed E-state index contributed by atoms with van der Waals surface area (Å²) in [5.41, 5.74) is 11.1. The van der Waals surface area contributed by atoms with Crippen LogP contribution < -0.4 is 5.73 Å². The van der Waals surface area contributed by atoms with E-state index in [9.17, 15) is 0 Å². The molecule has 24 heavy (non-hydrogen) atoms. The highest BCUT2D eigenvalue weighted by Gasteiger charge is 2.17. The van der Waals surface area contributed by atoms with E-state index in [0.29, 0.717) is 0 Å². The van der Waals surface area contributed by atoms with Gasteiger partial charge in [-0.25, -0.2) is 4.98 Å². The van der Waals surface area contributed by atoms with Gasteiger partial charge in [-0.15, -0.1) is 0 Å². The second-order valence-corrected chi connectivity index (χ2v) is 6.65. The fraction of sp³-hybridized carbons (Fsp3) is 0.350. The summed E-state index contributed by atoms with van der Waals surface area (Å²) in [6, 6.07) is 14.3. The van der Waals surface area contributed by atoms with Gasteiger partial charge in [-0.2, -0.15) is 0 Å². The molecular weight excluding hydrogens is 296 g/mol. The van der Waals surface area contributed by atoms with Crippen LogP contribution in [0, 0.1) is 0 Å². The van der Waals surface area contributed by atoms with E-state index in [1.807, 2.05) is 18.2 Å². The lowest BCUT2D eigenvalue weighted by Gasteiger charge is -2.20. The summed E-state index contributed by atoms with van der Waals surface area (Å²) in [6.07, 6.45) is 7.43. The Hall–Kier alpha value is -2.33. The number of rotatable bonds is 3. The normalized spacial score (nSPS) is 16.3. The Bertz CT molecular complexity index is 811. The van der Waals surface area contributed by atoms with E-state index in [1.54, 1.807) is 0 Å². The fourth-order valence-corrected chi connectivity index (χ4v) is 3.58. The summed E-state index contributed by atoms with van der Waals surface area (Å²) in [4.78, 5) is 7.47. The number of imidazole rings is 1. The van der Waals surface area contributed by atoms with Crippen LogP contribution in [-0.2, 0) is 6.54 Å². The molecule has 1 saturated heterocycles. The van der Waals surface area contributed by atoms with Crippen molar-refractivity contribution in [1.29, 1.82) is 0 Å². The fourth-order valence-electron chi connectivity index (χ4n) is 3.58. The maximum Gasteiger partial charge on any atom is 0.137 e. The predicted molar refractivity (Wildman–Crippen MR) is 98.8 cm³/mol. The standard InChI is InChI=1S/C20H24N4/c21-17-10-8-16(9-11-17)20-18(15-23-12-4-1-2-5-13-23)24-14-6-3-7-19(24)22-20/h3,6-11,14H,1-2,4-5,12-13,15,21H2. The van der Waals surface area contributed by atoms with Crippen LogP contribution in [0.3, 0.4) is 0 Å². The van der Waals surface area contributed by atoms with Gasteiger partial charge in [0.2, 0.25) is 0 Å². The summed E-state index contributed by atoms with van der Waals surface area (Å²) >= 11 is 0. The molecule has 4 heteroatoms. The Kier molecular flexibility index (Phi) is 4.22. The number of nitrogen functional groups attached to an aromatic ring is 1. The minimum absolute atomic E-state index is 0.789. The molecule has 1 aliphatic heterocycles. The molecule has 1 fully saturated rings. The first-order chi connectivity index (χ1) is 11.8. The van der Waals surface area contributed by atoms with E-state index in [4.69, 9.17) is 10.7 Å². The van der Waals surface area contributed by atoms with Crippen molar-refractivity contribution in [2.75, 3.05) is 18.8 Å². The van der Waals surface area contributed by atoms with E-state index < -0.39 is 0 Å². The molecule has 0 atom stereocenters. The second-order valence-electron chi connectivity index (χ2n) is 6.65. The van der Waals surface area contributed by atoms with Gasteiger partial charge in [0.1, 0.15) is 5.65 Å². The van der Waals surface area contributed by atoms with E-state index in [0.717, 1.165) is 29.1 Å². The minimum atomic E-state index is 0.789. The van der Waals surface area contributed by atoms with Crippen LogP contribution in [0.5, 0.6) is 0 Å². The van der Waals surface area contributed by atoms with Gasteiger partial charge in [0.25, 0.3) is 0 Å². The van der Waals surface area contributed by atoms with Crippen LogP contribution in [0.25, 0.3) is 16.9 Å². The highest BCUT2D eigenvalue weighted by atomic mass is 15.1. The average molecular weight is 320 g/mol. The molecule has 4 rings (SSSR count). The third-order valence-electron chi connectivity index (χ3n) is 4.89. The number of nitrogens with two attached hydrogens (primary N) is 1. The molecule has 2 N–H and O–H groups in total. The largest absolute Gasteiger partial charge is 0.399 e. The molecule has 2 aromatic heterocycles. The Labute approximate surface area is 142 Å². The number of benzene rings is 1. The van der Waals surface area contributed by atoms with E-state index in [1.165, 1.54) is 44.5 Å². The van der Waals surface area contributed by atoms with Crippen molar-refractivity contribution in [2.45, 2.75) is 32.2 Å². The monoisotopic (exact) mass is 320 g/mol. The van der Waals surface area contributed by atoms with Crippen LogP contribution in [0.4, 0.5) is 5.69 Å². The van der Waals surface area contributed by atoms with Crippen LogP contribution in [-0.4, -0.2) is 27.4 Å². The van der Waals surface area contributed by atoms with Gasteiger partial charge in [-0.3, -0.25) is 4.90 Å². The Morgan fingerprint density at radius 3 is 2.42 bits per heavy atom. The summed E-state index contributed by atoms with van der Waals surface area (Å²) in [6.45, 7) is 3.31. The van der Waals surface area contributed by atoms with Crippen LogP contribution in [0.1, 0.15) is 31.4 Å². The van der Waals surface area contributed by atoms with Crippen LogP contribution in [0.15, 0.2) is 48.7 Å².